The van der Waals surface area contributed by atoms with Crippen LogP contribution in [0.1, 0.15) is 27.2 Å². The van der Waals surface area contributed by atoms with Gasteiger partial charge in [-0.25, -0.2) is 9.98 Å². The van der Waals surface area contributed by atoms with Gasteiger partial charge in [-0.05, 0) is 18.8 Å². The molecule has 1 saturated carbocycles. The van der Waals surface area contributed by atoms with Crippen molar-refractivity contribution in [2.24, 2.45) is 15.8 Å². The minimum atomic E-state index is -0.718. The van der Waals surface area contributed by atoms with Gasteiger partial charge in [0.15, 0.2) is 11.2 Å². The van der Waals surface area contributed by atoms with E-state index in [0.717, 1.165) is 6.42 Å². The van der Waals surface area contributed by atoms with Gasteiger partial charge in [0, 0.05) is 14.1 Å². The second kappa shape index (κ2) is 8.15. The van der Waals surface area contributed by atoms with Crippen LogP contribution >= 0.6 is 0 Å². The van der Waals surface area contributed by atoms with Crippen molar-refractivity contribution in [2.45, 2.75) is 40.0 Å². The lowest BCUT2D eigenvalue weighted by atomic mass is 9.99. The van der Waals surface area contributed by atoms with Crippen LogP contribution in [0.15, 0.2) is 16.1 Å². The van der Waals surface area contributed by atoms with Crippen LogP contribution in [0.2, 0.25) is 0 Å². The monoisotopic (exact) mass is 420 g/mol. The maximum absolute atomic E-state index is 12.3. The summed E-state index contributed by atoms with van der Waals surface area (Å²) in [4.78, 5) is 41.2. The lowest BCUT2D eigenvalue weighted by Gasteiger charge is -2.19. The molecule has 30 heavy (non-hydrogen) atoms. The summed E-state index contributed by atoms with van der Waals surface area (Å²) >= 11 is 0. The van der Waals surface area contributed by atoms with E-state index in [1.807, 2.05) is 20.8 Å². The smallest absolute Gasteiger partial charge is 0.312 e. The topological polar surface area (TPSA) is 135 Å². The molecule has 1 aliphatic rings. The Balaban J connectivity index is 1.65. The Kier molecular flexibility index (Phi) is 5.95. The van der Waals surface area contributed by atoms with Crippen molar-refractivity contribution in [1.29, 1.82) is 0 Å². The molecule has 164 valence electrons. The number of H-pyrrole nitrogens is 1. The van der Waals surface area contributed by atoms with Crippen molar-refractivity contribution in [3.05, 3.63) is 16.7 Å². The van der Waals surface area contributed by atoms with Crippen LogP contribution in [-0.2, 0) is 21.0 Å². The Labute approximate surface area is 173 Å². The van der Waals surface area contributed by atoms with Crippen molar-refractivity contribution in [3.8, 4) is 0 Å². The third-order valence-corrected chi connectivity index (χ3v) is 5.54. The number of carbonyl (C=O) groups is 1. The first kappa shape index (κ1) is 21.9. The zero-order chi connectivity index (χ0) is 22.1. The zero-order valence-electron chi connectivity index (χ0n) is 17.9. The van der Waals surface area contributed by atoms with Gasteiger partial charge >= 0.3 is 5.97 Å². The van der Waals surface area contributed by atoms with Gasteiger partial charge < -0.3 is 19.5 Å². The van der Waals surface area contributed by atoms with E-state index in [2.05, 4.69) is 19.9 Å². The van der Waals surface area contributed by atoms with E-state index in [1.54, 1.807) is 19.0 Å². The Hall–Kier alpha value is -2.79. The molecule has 2 N–H and O–H groups in total. The zero-order valence-corrected chi connectivity index (χ0v) is 17.9. The number of aromatic nitrogens is 4. The molecule has 2 aromatic heterocycles. The van der Waals surface area contributed by atoms with Crippen molar-refractivity contribution in [1.82, 2.24) is 24.4 Å². The Morgan fingerprint density at radius 2 is 2.17 bits per heavy atom. The fourth-order valence-corrected chi connectivity index (χ4v) is 3.12. The molecule has 11 heteroatoms. The number of imidazole rings is 1. The maximum Gasteiger partial charge on any atom is 0.312 e. The second-order valence-electron chi connectivity index (χ2n) is 8.58. The second-order valence-corrected chi connectivity index (χ2v) is 8.58. The largest absolute Gasteiger partial charge is 0.462 e. The number of hydrogen-bond donors (Lipinski definition) is 2. The normalized spacial score (nSPS) is 21.1. The minimum Gasteiger partial charge on any atom is -0.462 e. The van der Waals surface area contributed by atoms with Crippen LogP contribution in [0.5, 0.6) is 0 Å². The van der Waals surface area contributed by atoms with E-state index in [-0.39, 0.29) is 42.8 Å². The van der Waals surface area contributed by atoms with E-state index in [4.69, 9.17) is 9.47 Å². The summed E-state index contributed by atoms with van der Waals surface area (Å²) in [6.45, 7) is 5.48. The lowest BCUT2D eigenvalue weighted by Crippen LogP contribution is -2.30. The first-order chi connectivity index (χ1) is 14.1. The fraction of sp³-hybridized carbons (Fsp3) is 0.632. The predicted molar refractivity (Wildman–Crippen MR) is 109 cm³/mol. The molecule has 2 aromatic rings. The molecule has 1 aliphatic carbocycles. The standard InChI is InChI=1S/C19H28N6O5/c1-18(2)8-19(18,3)16(28)29-7-12(6-26)30-11-25-10-20-13-14(25)22-17(23-15(13)27)21-9-24(4)5/h9-10,12,26H,6-8,11H2,1-5H3,(H,22,23,27). The number of fused-ring (bicyclic) bond motifs is 1. The SMILES string of the molecule is CN(C)C=Nc1nc2c(ncn2COC(CO)COC(=O)C2(C)CC2(C)C)c(=O)[nH]1. The molecule has 0 spiro atoms. The molecule has 11 nitrogen and oxygen atoms in total. The molecule has 0 aliphatic heterocycles. The first-order valence-corrected chi connectivity index (χ1v) is 9.63. The van der Waals surface area contributed by atoms with Gasteiger partial charge in [-0.2, -0.15) is 4.98 Å². The van der Waals surface area contributed by atoms with Crippen molar-refractivity contribution in [3.63, 3.8) is 0 Å². The number of nitrogens with zero attached hydrogens (tertiary/aromatic N) is 5. The highest BCUT2D eigenvalue weighted by atomic mass is 16.6. The molecule has 1 fully saturated rings. The summed E-state index contributed by atoms with van der Waals surface area (Å²) < 4.78 is 12.5. The van der Waals surface area contributed by atoms with E-state index in [0.29, 0.717) is 5.65 Å². The van der Waals surface area contributed by atoms with Crippen molar-refractivity contribution < 1.29 is 19.4 Å². The van der Waals surface area contributed by atoms with Crippen LogP contribution in [0.25, 0.3) is 11.2 Å². The third kappa shape index (κ3) is 4.36. The number of nitrogens with one attached hydrogen (secondary N) is 1. The van der Waals surface area contributed by atoms with E-state index >= 15 is 0 Å². The van der Waals surface area contributed by atoms with E-state index in [1.165, 1.54) is 17.2 Å². The van der Waals surface area contributed by atoms with Gasteiger partial charge in [0.05, 0.1) is 24.7 Å². The van der Waals surface area contributed by atoms with Crippen LogP contribution in [0.4, 0.5) is 5.95 Å². The number of aliphatic hydroxyl groups excluding tert-OH is 1. The Bertz CT molecular complexity index is 1010. The van der Waals surface area contributed by atoms with Gasteiger partial charge in [0.2, 0.25) is 5.95 Å². The first-order valence-electron chi connectivity index (χ1n) is 9.63. The van der Waals surface area contributed by atoms with Crippen LogP contribution in [0.3, 0.4) is 0 Å². The Morgan fingerprint density at radius 3 is 2.77 bits per heavy atom. The number of ether oxygens (including phenoxy) is 2. The van der Waals surface area contributed by atoms with Crippen LogP contribution < -0.4 is 5.56 Å². The molecule has 0 radical (unpaired) electrons. The summed E-state index contributed by atoms with van der Waals surface area (Å²) in [5.41, 5.74) is -0.551. The van der Waals surface area contributed by atoms with Gasteiger partial charge in [0.1, 0.15) is 19.4 Å². The number of rotatable bonds is 9. The maximum atomic E-state index is 12.3. The molecule has 0 saturated heterocycles. The quantitative estimate of drug-likeness (QED) is 0.343. The van der Waals surface area contributed by atoms with Crippen molar-refractivity contribution >= 4 is 29.4 Å². The number of esters is 1. The van der Waals surface area contributed by atoms with Gasteiger partial charge in [-0.15, -0.1) is 0 Å². The molecule has 3 rings (SSSR count). The molecule has 0 bridgehead atoms. The molecule has 2 atom stereocenters. The minimum absolute atomic E-state index is 0.0324. The van der Waals surface area contributed by atoms with Crippen LogP contribution in [-0.4, -0.2) is 75.2 Å². The third-order valence-electron chi connectivity index (χ3n) is 5.54. The summed E-state index contributed by atoms with van der Waals surface area (Å²) in [6, 6.07) is 0. The molecule has 2 heterocycles. The highest BCUT2D eigenvalue weighted by molar-refractivity contribution is 5.81. The average molecular weight is 420 g/mol. The number of carbonyl (C=O) groups excluding carboxylic acids is 1. The molecule has 0 aromatic carbocycles. The van der Waals surface area contributed by atoms with Gasteiger partial charge in [-0.1, -0.05) is 13.8 Å². The van der Waals surface area contributed by atoms with Gasteiger partial charge in [0.25, 0.3) is 5.56 Å². The summed E-state index contributed by atoms with van der Waals surface area (Å²) in [7, 11) is 3.59. The van der Waals surface area contributed by atoms with Crippen LogP contribution in [0, 0.1) is 10.8 Å². The lowest BCUT2D eigenvalue weighted by molar-refractivity contribution is -0.157. The summed E-state index contributed by atoms with van der Waals surface area (Å²) in [6.07, 6.45) is 2.98. The van der Waals surface area contributed by atoms with E-state index < -0.39 is 17.1 Å². The molecule has 2 unspecified atom stereocenters. The summed E-state index contributed by atoms with van der Waals surface area (Å²) in [5.74, 6) is -0.157. The van der Waals surface area contributed by atoms with Crippen molar-refractivity contribution in [2.75, 3.05) is 27.3 Å². The highest BCUT2D eigenvalue weighted by Crippen LogP contribution is 2.63. The number of aliphatic hydroxyl groups is 1. The number of hydrogen-bond acceptors (Lipinski definition) is 8. The Morgan fingerprint density at radius 1 is 1.47 bits per heavy atom. The number of aromatic amines is 1. The number of aliphatic imine (C=N–C) groups is 1. The molecule has 0 amide bonds. The average Bonchev–Trinajstić information content (AvgIpc) is 3.00. The van der Waals surface area contributed by atoms with E-state index in [9.17, 15) is 14.7 Å². The summed E-state index contributed by atoms with van der Waals surface area (Å²) in [5, 5.41) is 9.58. The fourth-order valence-electron chi connectivity index (χ4n) is 3.12. The van der Waals surface area contributed by atoms with Gasteiger partial charge in [-0.3, -0.25) is 19.1 Å². The predicted octanol–water partition coefficient (Wildman–Crippen LogP) is 0.655. The highest BCUT2D eigenvalue weighted by Gasteiger charge is 2.63. The molecular formula is C19H28N6O5. The molecular weight excluding hydrogens is 392 g/mol.